The molecule has 2 aromatic carbocycles. The van der Waals surface area contributed by atoms with E-state index in [-0.39, 0.29) is 10.6 Å². The minimum Gasteiger partial charge on any atom is -0.486 e. The average Bonchev–Trinajstić information content (AvgIpc) is 2.70. The smallest absolute Gasteiger partial charge is 0.316 e. The molecule has 9 nitrogen and oxygen atoms in total. The van der Waals surface area contributed by atoms with Crippen LogP contribution in [0.4, 0.5) is 5.69 Å². The molecule has 0 aromatic heterocycles. The number of esters is 1. The third-order valence-corrected chi connectivity index (χ3v) is 5.60. The van der Waals surface area contributed by atoms with Gasteiger partial charge in [0.25, 0.3) is 5.91 Å². The Balaban J connectivity index is 1.42. The predicted octanol–water partition coefficient (Wildman–Crippen LogP) is 1.38. The first kappa shape index (κ1) is 21.0. The summed E-state index contributed by atoms with van der Waals surface area (Å²) in [6, 6.07) is 10.7. The Hall–Kier alpha value is -2.76. The number of ether oxygens (including phenoxy) is 3. The number of benzene rings is 2. The maximum absolute atomic E-state index is 11.9. The van der Waals surface area contributed by atoms with Crippen molar-refractivity contribution in [1.29, 1.82) is 0 Å². The van der Waals surface area contributed by atoms with Crippen molar-refractivity contribution in [3.63, 3.8) is 0 Å². The number of amides is 1. The molecular weight excluding hydrogens is 420 g/mol. The number of primary sulfonamides is 1. The lowest BCUT2D eigenvalue weighted by Gasteiger charge is -2.18. The van der Waals surface area contributed by atoms with Gasteiger partial charge in [-0.05, 0) is 42.5 Å². The molecule has 29 heavy (non-hydrogen) atoms. The van der Waals surface area contributed by atoms with Crippen molar-refractivity contribution in [3.8, 4) is 11.5 Å². The number of hydrogen-bond donors (Lipinski definition) is 2. The fourth-order valence-corrected chi connectivity index (χ4v) is 3.61. The van der Waals surface area contributed by atoms with Crippen LogP contribution in [0.25, 0.3) is 0 Å². The van der Waals surface area contributed by atoms with Crippen molar-refractivity contribution in [1.82, 2.24) is 0 Å². The molecular formula is C18H18N2O7S2. The molecule has 11 heteroatoms. The van der Waals surface area contributed by atoms with E-state index in [0.29, 0.717) is 30.4 Å². The highest BCUT2D eigenvalue weighted by atomic mass is 32.2. The van der Waals surface area contributed by atoms with Gasteiger partial charge in [0.15, 0.2) is 18.1 Å². The number of sulfonamides is 1. The number of anilines is 1. The van der Waals surface area contributed by atoms with Crippen LogP contribution in [0.5, 0.6) is 11.5 Å². The summed E-state index contributed by atoms with van der Waals surface area (Å²) in [5.74, 6) is 0.214. The number of rotatable bonds is 7. The van der Waals surface area contributed by atoms with Gasteiger partial charge in [0, 0.05) is 10.6 Å². The standard InChI is InChI=1S/C18H18N2O7S2/c19-29(23,24)14-4-1-12(2-5-14)20-17(21)10-27-18(22)11-28-13-3-6-15-16(9-13)26-8-7-25-15/h1-6,9H,7-8,10-11H2,(H,20,21)(H2,19,23,24). The van der Waals surface area contributed by atoms with Crippen molar-refractivity contribution in [2.75, 3.05) is 30.9 Å². The quantitative estimate of drug-likeness (QED) is 0.489. The highest BCUT2D eigenvalue weighted by Gasteiger charge is 2.14. The largest absolute Gasteiger partial charge is 0.486 e. The number of carbonyl (C=O) groups is 2. The molecule has 1 aliphatic rings. The Morgan fingerprint density at radius 3 is 2.45 bits per heavy atom. The fraction of sp³-hybridized carbons (Fsp3) is 0.222. The van der Waals surface area contributed by atoms with E-state index in [1.165, 1.54) is 36.0 Å². The van der Waals surface area contributed by atoms with Crippen LogP contribution in [0.2, 0.25) is 0 Å². The molecule has 0 bridgehead atoms. The summed E-state index contributed by atoms with van der Waals surface area (Å²) < 4.78 is 38.3. The van der Waals surface area contributed by atoms with Gasteiger partial charge in [-0.3, -0.25) is 9.59 Å². The summed E-state index contributed by atoms with van der Waals surface area (Å²) in [4.78, 5) is 24.5. The minimum atomic E-state index is -3.80. The van der Waals surface area contributed by atoms with Gasteiger partial charge >= 0.3 is 5.97 Å². The molecule has 0 saturated carbocycles. The predicted molar refractivity (Wildman–Crippen MR) is 106 cm³/mol. The Bertz CT molecular complexity index is 1010. The van der Waals surface area contributed by atoms with E-state index in [1.54, 1.807) is 12.1 Å². The molecule has 2 aromatic rings. The van der Waals surface area contributed by atoms with E-state index in [1.807, 2.05) is 6.07 Å². The summed E-state index contributed by atoms with van der Waals surface area (Å²) >= 11 is 1.25. The molecule has 0 saturated heterocycles. The van der Waals surface area contributed by atoms with Crippen molar-refractivity contribution in [2.45, 2.75) is 9.79 Å². The van der Waals surface area contributed by atoms with Gasteiger partial charge in [-0.25, -0.2) is 13.6 Å². The van der Waals surface area contributed by atoms with Crippen molar-refractivity contribution < 1.29 is 32.2 Å². The zero-order valence-electron chi connectivity index (χ0n) is 15.1. The third-order valence-electron chi connectivity index (χ3n) is 3.70. The monoisotopic (exact) mass is 438 g/mol. The molecule has 154 valence electrons. The van der Waals surface area contributed by atoms with Gasteiger partial charge in [0.2, 0.25) is 10.0 Å². The topological polar surface area (TPSA) is 134 Å². The summed E-state index contributed by atoms with van der Waals surface area (Å²) in [6.45, 7) is 0.519. The van der Waals surface area contributed by atoms with Crippen LogP contribution in [0.3, 0.4) is 0 Å². The lowest BCUT2D eigenvalue weighted by Crippen LogP contribution is -2.21. The van der Waals surface area contributed by atoms with Gasteiger partial charge in [0.1, 0.15) is 13.2 Å². The second-order valence-electron chi connectivity index (χ2n) is 5.87. The lowest BCUT2D eigenvalue weighted by atomic mass is 10.3. The molecule has 3 N–H and O–H groups in total. The van der Waals surface area contributed by atoms with Crippen LogP contribution in [0, 0.1) is 0 Å². The van der Waals surface area contributed by atoms with Crippen LogP contribution in [-0.4, -0.2) is 45.9 Å². The van der Waals surface area contributed by atoms with E-state index in [4.69, 9.17) is 19.3 Å². The van der Waals surface area contributed by atoms with Crippen molar-refractivity contribution in [2.24, 2.45) is 5.14 Å². The Morgan fingerprint density at radius 2 is 1.76 bits per heavy atom. The number of hydrogen-bond acceptors (Lipinski definition) is 8. The maximum Gasteiger partial charge on any atom is 0.316 e. The van der Waals surface area contributed by atoms with Crippen LogP contribution >= 0.6 is 11.8 Å². The van der Waals surface area contributed by atoms with E-state index in [9.17, 15) is 18.0 Å². The van der Waals surface area contributed by atoms with E-state index in [0.717, 1.165) is 4.90 Å². The van der Waals surface area contributed by atoms with Crippen LogP contribution in [0.1, 0.15) is 0 Å². The summed E-state index contributed by atoms with van der Waals surface area (Å²) in [7, 11) is -3.80. The zero-order valence-corrected chi connectivity index (χ0v) is 16.8. The number of carbonyl (C=O) groups excluding carboxylic acids is 2. The molecule has 0 fully saturated rings. The maximum atomic E-state index is 11.9. The van der Waals surface area contributed by atoms with E-state index >= 15 is 0 Å². The summed E-state index contributed by atoms with van der Waals surface area (Å²) in [5, 5.41) is 7.50. The van der Waals surface area contributed by atoms with Gasteiger partial charge in [-0.2, -0.15) is 0 Å². The number of fused-ring (bicyclic) bond motifs is 1. The molecule has 0 unspecified atom stereocenters. The van der Waals surface area contributed by atoms with Gasteiger partial charge in [-0.15, -0.1) is 11.8 Å². The van der Waals surface area contributed by atoms with Crippen LogP contribution in [-0.2, 0) is 24.3 Å². The molecule has 0 atom stereocenters. The number of thioether (sulfide) groups is 1. The van der Waals surface area contributed by atoms with Crippen molar-refractivity contribution in [3.05, 3.63) is 42.5 Å². The zero-order chi connectivity index (χ0) is 20.9. The molecule has 1 amide bonds. The van der Waals surface area contributed by atoms with Gasteiger partial charge in [-0.1, -0.05) is 0 Å². The van der Waals surface area contributed by atoms with E-state index in [2.05, 4.69) is 5.32 Å². The van der Waals surface area contributed by atoms with E-state index < -0.39 is 28.5 Å². The van der Waals surface area contributed by atoms with Gasteiger partial charge in [0.05, 0.1) is 10.6 Å². The average molecular weight is 438 g/mol. The molecule has 0 spiro atoms. The highest BCUT2D eigenvalue weighted by molar-refractivity contribution is 8.00. The Morgan fingerprint density at radius 1 is 1.07 bits per heavy atom. The SMILES string of the molecule is NS(=O)(=O)c1ccc(NC(=O)COC(=O)CSc2ccc3c(c2)OCCO3)cc1. The van der Waals surface area contributed by atoms with Gasteiger partial charge < -0.3 is 19.5 Å². The molecule has 1 aliphatic heterocycles. The fourth-order valence-electron chi connectivity index (χ4n) is 2.37. The second-order valence-corrected chi connectivity index (χ2v) is 8.48. The number of nitrogens with one attached hydrogen (secondary N) is 1. The molecule has 3 rings (SSSR count). The minimum absolute atomic E-state index is 0.0238. The molecule has 0 radical (unpaired) electrons. The first-order valence-electron chi connectivity index (χ1n) is 8.42. The van der Waals surface area contributed by atoms with Crippen LogP contribution in [0.15, 0.2) is 52.3 Å². The first-order valence-corrected chi connectivity index (χ1v) is 11.0. The third kappa shape index (κ3) is 6.11. The van der Waals surface area contributed by atoms with Crippen LogP contribution < -0.4 is 19.9 Å². The lowest BCUT2D eigenvalue weighted by molar-refractivity contribution is -0.144. The molecule has 0 aliphatic carbocycles. The normalized spacial score (nSPS) is 12.9. The number of nitrogens with two attached hydrogens (primary N) is 1. The highest BCUT2D eigenvalue weighted by Crippen LogP contribution is 2.34. The summed E-state index contributed by atoms with van der Waals surface area (Å²) in [5.41, 5.74) is 0.351. The Labute approximate surface area is 171 Å². The first-order chi connectivity index (χ1) is 13.8. The molecule has 1 heterocycles. The second kappa shape index (κ2) is 9.16. The summed E-state index contributed by atoms with van der Waals surface area (Å²) in [6.07, 6.45) is 0. The van der Waals surface area contributed by atoms with Crippen molar-refractivity contribution >= 4 is 39.3 Å². The Kier molecular flexibility index (Phi) is 6.62.